The molecule has 0 spiro atoms. The number of piperidine rings is 1. The van der Waals surface area contributed by atoms with Crippen LogP contribution in [0.5, 0.6) is 5.75 Å². The first-order valence-corrected chi connectivity index (χ1v) is 14.2. The summed E-state index contributed by atoms with van der Waals surface area (Å²) in [7, 11) is 0. The summed E-state index contributed by atoms with van der Waals surface area (Å²) in [6.45, 7) is 4.48. The van der Waals surface area contributed by atoms with Crippen molar-refractivity contribution in [3.8, 4) is 22.7 Å². The second-order valence-electron chi connectivity index (χ2n) is 10.1. The lowest BCUT2D eigenvalue weighted by Gasteiger charge is -2.30. The molecule has 3 heterocycles. The second-order valence-corrected chi connectivity index (χ2v) is 11.1. The summed E-state index contributed by atoms with van der Waals surface area (Å²) < 4.78 is 20.9. The summed E-state index contributed by atoms with van der Waals surface area (Å²) in [6.07, 6.45) is 6.08. The van der Waals surface area contributed by atoms with E-state index in [0.29, 0.717) is 23.2 Å². The number of amides is 1. The Bertz CT molecular complexity index is 1550. The van der Waals surface area contributed by atoms with Gasteiger partial charge in [-0.1, -0.05) is 37.3 Å². The lowest BCUT2D eigenvalue weighted by atomic mass is 10.00. The number of carbonyl (C=O) groups excluding carboxylic acids is 1. The first-order chi connectivity index (χ1) is 19.5. The number of rotatable bonds is 6. The SMILES string of the molecule is CC1CCN(C2=NC(=O)C(=Cc3cn(-c4ccccc4)nc3-c3ccc(OCc4ccc(F)cc4)cc3)S2)CC1. The van der Waals surface area contributed by atoms with Gasteiger partial charge in [-0.3, -0.25) is 4.79 Å². The van der Waals surface area contributed by atoms with Crippen LogP contribution in [0.25, 0.3) is 23.0 Å². The first-order valence-electron chi connectivity index (χ1n) is 13.4. The van der Waals surface area contributed by atoms with Crippen LogP contribution in [0, 0.1) is 11.7 Å². The highest BCUT2D eigenvalue weighted by Crippen LogP contribution is 2.35. The maximum atomic E-state index is 13.2. The molecule has 6 rings (SSSR count). The maximum Gasteiger partial charge on any atom is 0.286 e. The van der Waals surface area contributed by atoms with E-state index in [9.17, 15) is 9.18 Å². The molecule has 2 aliphatic rings. The van der Waals surface area contributed by atoms with E-state index in [2.05, 4.69) is 16.8 Å². The van der Waals surface area contributed by atoms with Crippen molar-refractivity contribution in [2.24, 2.45) is 10.9 Å². The van der Waals surface area contributed by atoms with Gasteiger partial charge in [-0.05, 0) is 90.7 Å². The molecule has 3 aromatic carbocycles. The molecule has 0 radical (unpaired) electrons. The molecule has 40 heavy (non-hydrogen) atoms. The van der Waals surface area contributed by atoms with Crippen molar-refractivity contribution in [1.82, 2.24) is 14.7 Å². The van der Waals surface area contributed by atoms with E-state index >= 15 is 0 Å². The van der Waals surface area contributed by atoms with Crippen LogP contribution in [-0.2, 0) is 11.4 Å². The van der Waals surface area contributed by atoms with Crippen molar-refractivity contribution in [3.63, 3.8) is 0 Å². The van der Waals surface area contributed by atoms with Gasteiger partial charge in [0, 0.05) is 30.4 Å². The number of amidine groups is 1. The lowest BCUT2D eigenvalue weighted by Crippen LogP contribution is -2.35. The number of nitrogens with zero attached hydrogens (tertiary/aromatic N) is 4. The van der Waals surface area contributed by atoms with Gasteiger partial charge in [-0.2, -0.15) is 10.1 Å². The standard InChI is InChI=1S/C32H29FN4O2S/c1-22-15-17-36(18-16-22)32-34-31(38)29(40-32)19-25-20-37(27-5-3-2-4-6-27)35-30(25)24-9-13-28(14-10-24)39-21-23-7-11-26(33)12-8-23/h2-14,19-20,22H,15-18,21H2,1H3. The van der Waals surface area contributed by atoms with Gasteiger partial charge in [0.1, 0.15) is 18.2 Å². The second kappa shape index (κ2) is 11.5. The number of para-hydroxylation sites is 1. The summed E-state index contributed by atoms with van der Waals surface area (Å²) >= 11 is 1.45. The number of aromatic nitrogens is 2. The predicted octanol–water partition coefficient (Wildman–Crippen LogP) is 6.96. The zero-order valence-corrected chi connectivity index (χ0v) is 23.0. The number of hydrogen-bond acceptors (Lipinski definition) is 5. The van der Waals surface area contributed by atoms with Crippen LogP contribution in [0.15, 0.2) is 95.0 Å². The van der Waals surface area contributed by atoms with Crippen molar-refractivity contribution in [3.05, 3.63) is 107 Å². The van der Waals surface area contributed by atoms with Gasteiger partial charge in [-0.15, -0.1) is 0 Å². The molecule has 2 aliphatic heterocycles. The molecule has 6 nitrogen and oxygen atoms in total. The Morgan fingerprint density at radius 3 is 2.45 bits per heavy atom. The molecule has 0 saturated carbocycles. The van der Waals surface area contributed by atoms with E-state index in [4.69, 9.17) is 9.84 Å². The smallest absolute Gasteiger partial charge is 0.286 e. The van der Waals surface area contributed by atoms with Gasteiger partial charge in [0.25, 0.3) is 5.91 Å². The molecule has 4 aromatic rings. The van der Waals surface area contributed by atoms with Gasteiger partial charge in [0.15, 0.2) is 5.17 Å². The third-order valence-corrected chi connectivity index (χ3v) is 8.20. The Balaban J connectivity index is 1.25. The molecule has 0 bridgehead atoms. The largest absolute Gasteiger partial charge is 0.489 e. The molecule has 8 heteroatoms. The van der Waals surface area contributed by atoms with Crippen LogP contribution < -0.4 is 4.74 Å². The molecule has 1 saturated heterocycles. The van der Waals surface area contributed by atoms with Crippen molar-refractivity contribution in [1.29, 1.82) is 0 Å². The van der Waals surface area contributed by atoms with Gasteiger partial charge >= 0.3 is 0 Å². The average molecular weight is 553 g/mol. The number of likely N-dealkylation sites (tertiary alicyclic amines) is 1. The molecular formula is C32H29FN4O2S. The maximum absolute atomic E-state index is 13.2. The minimum atomic E-state index is -0.268. The number of thioether (sulfide) groups is 1. The summed E-state index contributed by atoms with van der Waals surface area (Å²) in [6, 6.07) is 23.9. The fourth-order valence-electron chi connectivity index (χ4n) is 4.76. The molecule has 1 aromatic heterocycles. The van der Waals surface area contributed by atoms with E-state index in [-0.39, 0.29) is 11.7 Å². The first kappa shape index (κ1) is 26.1. The molecule has 1 fully saturated rings. The van der Waals surface area contributed by atoms with Crippen LogP contribution in [0.3, 0.4) is 0 Å². The van der Waals surface area contributed by atoms with Crippen molar-refractivity contribution in [2.75, 3.05) is 13.1 Å². The monoisotopic (exact) mass is 552 g/mol. The lowest BCUT2D eigenvalue weighted by molar-refractivity contribution is -0.113. The van der Waals surface area contributed by atoms with Gasteiger partial charge in [0.2, 0.25) is 0 Å². The number of hydrogen-bond donors (Lipinski definition) is 0. The Kier molecular flexibility index (Phi) is 7.51. The van der Waals surface area contributed by atoms with Crippen molar-refractivity contribution >= 4 is 28.9 Å². The van der Waals surface area contributed by atoms with Crippen LogP contribution in [-0.4, -0.2) is 38.8 Å². The normalized spacial score (nSPS) is 16.9. The summed E-state index contributed by atoms with van der Waals surface area (Å²) in [5, 5.41) is 5.69. The number of carbonyl (C=O) groups is 1. The predicted molar refractivity (Wildman–Crippen MR) is 158 cm³/mol. The molecule has 0 N–H and O–H groups in total. The Morgan fingerprint density at radius 2 is 1.73 bits per heavy atom. The third kappa shape index (κ3) is 5.87. The minimum absolute atomic E-state index is 0.207. The van der Waals surface area contributed by atoms with Gasteiger partial charge in [0.05, 0.1) is 16.3 Å². The van der Waals surface area contributed by atoms with Crippen LogP contribution >= 0.6 is 11.8 Å². The molecule has 0 aliphatic carbocycles. The Labute approximate surface area is 237 Å². The minimum Gasteiger partial charge on any atom is -0.489 e. The molecule has 202 valence electrons. The van der Waals surface area contributed by atoms with E-state index in [1.807, 2.05) is 71.6 Å². The summed E-state index contributed by atoms with van der Waals surface area (Å²) in [5.41, 5.74) is 4.31. The van der Waals surface area contributed by atoms with E-state index in [0.717, 1.165) is 59.2 Å². The van der Waals surface area contributed by atoms with Crippen molar-refractivity contribution < 1.29 is 13.9 Å². The third-order valence-electron chi connectivity index (χ3n) is 7.16. The quantitative estimate of drug-likeness (QED) is 0.242. The van der Waals surface area contributed by atoms with E-state index < -0.39 is 0 Å². The molecule has 1 amide bonds. The Hall–Kier alpha value is -4.17. The Morgan fingerprint density at radius 1 is 1.00 bits per heavy atom. The molecule has 0 unspecified atom stereocenters. The zero-order chi connectivity index (χ0) is 27.5. The number of benzene rings is 3. The molecule has 0 atom stereocenters. The fourth-order valence-corrected chi connectivity index (χ4v) is 5.72. The van der Waals surface area contributed by atoms with Gasteiger partial charge in [-0.25, -0.2) is 9.07 Å². The van der Waals surface area contributed by atoms with Gasteiger partial charge < -0.3 is 9.64 Å². The number of aliphatic imine (C=N–C) groups is 1. The van der Waals surface area contributed by atoms with Crippen molar-refractivity contribution in [2.45, 2.75) is 26.4 Å². The van der Waals surface area contributed by atoms with Crippen LogP contribution in [0.4, 0.5) is 4.39 Å². The van der Waals surface area contributed by atoms with E-state index in [1.54, 1.807) is 12.1 Å². The summed E-state index contributed by atoms with van der Waals surface area (Å²) in [4.78, 5) is 20.1. The van der Waals surface area contributed by atoms with E-state index in [1.165, 1.54) is 23.9 Å². The zero-order valence-electron chi connectivity index (χ0n) is 22.2. The number of ether oxygens (including phenoxy) is 1. The van der Waals surface area contributed by atoms with Crippen LogP contribution in [0.1, 0.15) is 30.9 Å². The fraction of sp³-hybridized carbons (Fsp3) is 0.219. The topological polar surface area (TPSA) is 59.7 Å². The molecular weight excluding hydrogens is 523 g/mol. The highest BCUT2D eigenvalue weighted by atomic mass is 32.2. The number of halogens is 1. The summed E-state index contributed by atoms with van der Waals surface area (Å²) in [5.74, 6) is 0.933. The van der Waals surface area contributed by atoms with Crippen LogP contribution in [0.2, 0.25) is 0 Å². The highest BCUT2D eigenvalue weighted by Gasteiger charge is 2.28. The highest BCUT2D eigenvalue weighted by molar-refractivity contribution is 8.18. The average Bonchev–Trinajstić information content (AvgIpc) is 3.57.